The Balaban J connectivity index is 2.60. The summed E-state index contributed by atoms with van der Waals surface area (Å²) >= 11 is 12.2. The first-order valence-corrected chi connectivity index (χ1v) is 6.87. The molecular weight excluding hydrogens is 285 g/mol. The number of halogens is 2. The van der Waals surface area contributed by atoms with Crippen LogP contribution in [0.4, 0.5) is 0 Å². The van der Waals surface area contributed by atoms with Crippen molar-refractivity contribution < 1.29 is 9.59 Å². The van der Waals surface area contributed by atoms with Crippen molar-refractivity contribution >= 4 is 34.9 Å². The van der Waals surface area contributed by atoms with Crippen LogP contribution in [0.2, 0.25) is 10.0 Å². The fourth-order valence-corrected chi connectivity index (χ4v) is 3.08. The summed E-state index contributed by atoms with van der Waals surface area (Å²) in [7, 11) is 0. The van der Waals surface area contributed by atoms with Gasteiger partial charge < -0.3 is 5.32 Å². The number of amides is 1. The number of Topliss-reactive ketones (excluding diaryl/α,β-unsaturated/α-hetero) is 1. The molecular formula is C14H15Cl2NO2. The average Bonchev–Trinajstić information content (AvgIpc) is 2.49. The predicted molar refractivity (Wildman–Crippen MR) is 75.8 cm³/mol. The molecule has 0 saturated carbocycles. The molecule has 0 bridgehead atoms. The third-order valence-corrected chi connectivity index (χ3v) is 3.96. The van der Waals surface area contributed by atoms with Gasteiger partial charge >= 0.3 is 0 Å². The number of aryl methyl sites for hydroxylation is 1. The number of carbonyl (C=O) groups excluding carboxylic acids is 2. The molecule has 1 amide bonds. The number of hydrogen-bond acceptors (Lipinski definition) is 2. The highest BCUT2D eigenvalue weighted by Crippen LogP contribution is 2.37. The van der Waals surface area contributed by atoms with Gasteiger partial charge in [0, 0.05) is 10.0 Å². The molecule has 19 heavy (non-hydrogen) atoms. The van der Waals surface area contributed by atoms with E-state index in [1.165, 1.54) is 0 Å². The number of carbonyl (C=O) groups is 2. The molecule has 1 heterocycles. The van der Waals surface area contributed by atoms with Crippen LogP contribution < -0.4 is 5.32 Å². The molecule has 1 aromatic carbocycles. The summed E-state index contributed by atoms with van der Waals surface area (Å²) in [6.45, 7) is 5.33. The number of nitrogens with one attached hydrogen (secondary N) is 1. The topological polar surface area (TPSA) is 46.2 Å². The molecule has 0 radical (unpaired) electrons. The molecule has 1 fully saturated rings. The Morgan fingerprint density at radius 3 is 2.37 bits per heavy atom. The maximum atomic E-state index is 12.4. The van der Waals surface area contributed by atoms with Crippen molar-refractivity contribution in [2.75, 3.05) is 0 Å². The highest BCUT2D eigenvalue weighted by molar-refractivity contribution is 6.36. The van der Waals surface area contributed by atoms with E-state index < -0.39 is 11.5 Å². The normalized spacial score (nSPS) is 21.6. The Labute approximate surface area is 122 Å². The van der Waals surface area contributed by atoms with E-state index >= 15 is 0 Å². The maximum absolute atomic E-state index is 12.4. The molecule has 102 valence electrons. The summed E-state index contributed by atoms with van der Waals surface area (Å²) in [4.78, 5) is 24.5. The molecule has 2 rings (SSSR count). The monoisotopic (exact) mass is 299 g/mol. The Morgan fingerprint density at radius 1 is 1.26 bits per heavy atom. The second-order valence-corrected chi connectivity index (χ2v) is 6.07. The largest absolute Gasteiger partial charge is 0.343 e. The fraction of sp³-hybridized carbons (Fsp3) is 0.429. The molecule has 0 aliphatic carbocycles. The van der Waals surface area contributed by atoms with Crippen molar-refractivity contribution in [1.82, 2.24) is 5.32 Å². The lowest BCUT2D eigenvalue weighted by atomic mass is 9.86. The number of ketones is 1. The van der Waals surface area contributed by atoms with Crippen molar-refractivity contribution in [2.45, 2.75) is 38.6 Å². The molecule has 1 atom stereocenters. The molecule has 0 spiro atoms. The minimum Gasteiger partial charge on any atom is -0.343 e. The van der Waals surface area contributed by atoms with E-state index in [0.29, 0.717) is 22.0 Å². The molecule has 1 saturated heterocycles. The van der Waals surface area contributed by atoms with Crippen LogP contribution in [0.3, 0.4) is 0 Å². The summed E-state index contributed by atoms with van der Waals surface area (Å²) in [6, 6.07) is 3.33. The SMILES string of the molecule is CCc1cc(Cl)cc(Cl)c1C1C(=O)NC(C)(C)C1=O. The predicted octanol–water partition coefficient (Wildman–Crippen LogP) is 3.12. The lowest BCUT2D eigenvalue weighted by Crippen LogP contribution is -2.39. The molecule has 1 N–H and O–H groups in total. The summed E-state index contributed by atoms with van der Waals surface area (Å²) in [5, 5.41) is 3.59. The van der Waals surface area contributed by atoms with E-state index in [2.05, 4.69) is 5.32 Å². The first kappa shape index (κ1) is 14.4. The Bertz CT molecular complexity index is 567. The van der Waals surface area contributed by atoms with Crippen LogP contribution in [-0.4, -0.2) is 17.2 Å². The molecule has 1 aliphatic rings. The van der Waals surface area contributed by atoms with E-state index in [4.69, 9.17) is 23.2 Å². The Morgan fingerprint density at radius 2 is 1.89 bits per heavy atom. The third-order valence-electron chi connectivity index (χ3n) is 3.43. The summed E-state index contributed by atoms with van der Waals surface area (Å²) in [5.74, 6) is -1.29. The van der Waals surface area contributed by atoms with Crippen LogP contribution >= 0.6 is 23.2 Å². The van der Waals surface area contributed by atoms with Gasteiger partial charge in [-0.25, -0.2) is 0 Å². The molecule has 1 aliphatic heterocycles. The fourth-order valence-electron chi connectivity index (χ4n) is 2.44. The van der Waals surface area contributed by atoms with Crippen molar-refractivity contribution in [3.8, 4) is 0 Å². The highest BCUT2D eigenvalue weighted by atomic mass is 35.5. The number of rotatable bonds is 2. The Hall–Kier alpha value is -1.06. The van der Waals surface area contributed by atoms with Crippen LogP contribution in [0.1, 0.15) is 37.8 Å². The van der Waals surface area contributed by atoms with Gasteiger partial charge in [0.25, 0.3) is 0 Å². The van der Waals surface area contributed by atoms with Crippen molar-refractivity contribution in [3.05, 3.63) is 33.3 Å². The smallest absolute Gasteiger partial charge is 0.236 e. The standard InChI is InChI=1S/C14H15Cl2NO2/c1-4-7-5-8(15)6-9(16)10(7)11-12(18)14(2,3)17-13(11)19/h5-6,11H,4H2,1-3H3,(H,17,19). The van der Waals surface area contributed by atoms with Crippen LogP contribution in [-0.2, 0) is 16.0 Å². The van der Waals surface area contributed by atoms with Gasteiger partial charge in [-0.2, -0.15) is 0 Å². The number of benzene rings is 1. The van der Waals surface area contributed by atoms with Crippen LogP contribution in [0.15, 0.2) is 12.1 Å². The molecule has 5 heteroatoms. The second-order valence-electron chi connectivity index (χ2n) is 5.23. The first-order chi connectivity index (χ1) is 8.77. The second kappa shape index (κ2) is 4.80. The molecule has 1 unspecified atom stereocenters. The Kier molecular flexibility index (Phi) is 3.63. The molecule has 1 aromatic rings. The van der Waals surface area contributed by atoms with Crippen LogP contribution in [0.5, 0.6) is 0 Å². The van der Waals surface area contributed by atoms with E-state index in [1.807, 2.05) is 6.92 Å². The molecule has 0 aromatic heterocycles. The van der Waals surface area contributed by atoms with E-state index in [1.54, 1.807) is 26.0 Å². The quantitative estimate of drug-likeness (QED) is 0.853. The van der Waals surface area contributed by atoms with Crippen LogP contribution in [0.25, 0.3) is 0 Å². The first-order valence-electron chi connectivity index (χ1n) is 6.12. The zero-order valence-corrected chi connectivity index (χ0v) is 12.5. The van der Waals surface area contributed by atoms with Gasteiger partial charge in [-0.3, -0.25) is 9.59 Å². The van der Waals surface area contributed by atoms with Gasteiger partial charge in [0.1, 0.15) is 5.92 Å². The van der Waals surface area contributed by atoms with Gasteiger partial charge in [-0.15, -0.1) is 0 Å². The minimum atomic E-state index is -0.851. The summed E-state index contributed by atoms with van der Waals surface area (Å²) < 4.78 is 0. The van der Waals surface area contributed by atoms with E-state index in [-0.39, 0.29) is 11.7 Å². The lowest BCUT2D eigenvalue weighted by Gasteiger charge is -2.17. The van der Waals surface area contributed by atoms with Gasteiger partial charge in [-0.1, -0.05) is 30.1 Å². The van der Waals surface area contributed by atoms with E-state index in [0.717, 1.165) is 5.56 Å². The van der Waals surface area contributed by atoms with Crippen LogP contribution in [0, 0.1) is 0 Å². The van der Waals surface area contributed by atoms with E-state index in [9.17, 15) is 9.59 Å². The van der Waals surface area contributed by atoms with Gasteiger partial charge in [0.2, 0.25) is 5.91 Å². The van der Waals surface area contributed by atoms with Crippen molar-refractivity contribution in [1.29, 1.82) is 0 Å². The number of hydrogen-bond donors (Lipinski definition) is 1. The zero-order chi connectivity index (χ0) is 14.4. The zero-order valence-electron chi connectivity index (χ0n) is 11.0. The molecule has 3 nitrogen and oxygen atoms in total. The third kappa shape index (κ3) is 2.37. The summed E-state index contributed by atoms with van der Waals surface area (Å²) in [6.07, 6.45) is 0.660. The highest BCUT2D eigenvalue weighted by Gasteiger charge is 2.48. The van der Waals surface area contributed by atoms with Gasteiger partial charge in [0.15, 0.2) is 5.78 Å². The lowest BCUT2D eigenvalue weighted by molar-refractivity contribution is -0.125. The summed E-state index contributed by atoms with van der Waals surface area (Å²) in [5.41, 5.74) is 0.570. The van der Waals surface area contributed by atoms with Crippen molar-refractivity contribution in [2.24, 2.45) is 0 Å². The minimum absolute atomic E-state index is 0.156. The van der Waals surface area contributed by atoms with Crippen molar-refractivity contribution in [3.63, 3.8) is 0 Å². The van der Waals surface area contributed by atoms with Gasteiger partial charge in [-0.05, 0) is 43.5 Å². The maximum Gasteiger partial charge on any atom is 0.236 e. The van der Waals surface area contributed by atoms with Gasteiger partial charge in [0.05, 0.1) is 5.54 Å². The average molecular weight is 300 g/mol.